The second-order valence-corrected chi connectivity index (χ2v) is 0. The van der Waals surface area contributed by atoms with Crippen LogP contribution < -0.4 is 0 Å². The van der Waals surface area contributed by atoms with Crippen LogP contribution in [0.25, 0.3) is 0 Å². The molecule has 0 atom stereocenters. The maximum absolute atomic E-state index is 0. The maximum Gasteiger partial charge on any atom is 0 e. The predicted molar refractivity (Wildman–Crippen MR) is 17.9 cm³/mol. The van der Waals surface area contributed by atoms with E-state index in [1.807, 2.05) is 0 Å². The van der Waals surface area contributed by atoms with Crippen LogP contribution in [0.15, 0.2) is 0 Å². The molecule has 0 saturated carbocycles. The van der Waals surface area contributed by atoms with Crippen LogP contribution in [0.5, 0.6) is 0 Å². The normalized spacial score (nSPS) is 0. The fourth-order valence-electron chi connectivity index (χ4n) is 0. The van der Waals surface area contributed by atoms with Crippen molar-refractivity contribution in [2.24, 2.45) is 0 Å². The minimum atomic E-state index is 0. The summed E-state index contributed by atoms with van der Waals surface area (Å²) in [6, 6.07) is 0. The molecule has 0 fully saturated rings. The molecule has 0 unspecified atom stereocenters. The van der Waals surface area contributed by atoms with Crippen molar-refractivity contribution in [1.82, 2.24) is 0 Å². The molecule has 0 bridgehead atoms. The summed E-state index contributed by atoms with van der Waals surface area (Å²) in [6.07, 6.45) is 0. The fraction of sp³-hybridized carbons (Fsp3) is 0. The number of hydrogen-bond acceptors (Lipinski definition) is 0. The van der Waals surface area contributed by atoms with Gasteiger partial charge in [-0.15, -0.1) is 0 Å². The van der Waals surface area contributed by atoms with Gasteiger partial charge < -0.3 is 2.85 Å². The van der Waals surface area contributed by atoms with E-state index in [4.69, 9.17) is 0 Å². The zero-order valence-corrected chi connectivity index (χ0v) is 22.5. The van der Waals surface area contributed by atoms with E-state index < -0.39 is 0 Å². The van der Waals surface area contributed by atoms with E-state index in [0.29, 0.717) is 0 Å². The summed E-state index contributed by atoms with van der Waals surface area (Å²) in [4.78, 5) is 0. The Morgan fingerprint density at radius 1 is 1.14 bits per heavy atom. The molecule has 0 nitrogen and oxygen atoms in total. The summed E-state index contributed by atoms with van der Waals surface area (Å²) in [5.74, 6) is 0. The third-order valence-corrected chi connectivity index (χ3v) is 0. The van der Waals surface area contributed by atoms with E-state index in [0.717, 1.165) is 0 Å². The molecule has 7 heteroatoms. The largest absolute Gasteiger partial charge is 1.00 e. The van der Waals surface area contributed by atoms with Crippen LogP contribution in [-0.2, 0) is 81.7 Å². The molecule has 0 aromatic carbocycles. The molecule has 0 heterocycles. The van der Waals surface area contributed by atoms with E-state index in [1.54, 1.807) is 0 Å². The van der Waals surface area contributed by atoms with Crippen molar-refractivity contribution in [1.29, 1.82) is 0 Å². The third-order valence-electron chi connectivity index (χ3n) is 0. The van der Waals surface area contributed by atoms with E-state index in [9.17, 15) is 0 Å². The van der Waals surface area contributed by atoms with Crippen LogP contribution in [0, 0.1) is 40.8 Å². The summed E-state index contributed by atoms with van der Waals surface area (Å²) >= 11 is 0. The van der Waals surface area contributed by atoms with Crippen molar-refractivity contribution >= 4 is 75.1 Å². The van der Waals surface area contributed by atoms with Crippen molar-refractivity contribution in [2.45, 2.75) is 0 Å². The van der Waals surface area contributed by atoms with Crippen molar-refractivity contribution < 1.29 is 125 Å². The number of hydrogen-bond donors (Lipinski definition) is 0. The molecule has 0 aliphatic carbocycles. The van der Waals surface area contributed by atoms with Crippen LogP contribution in [-0.4, -0.2) is 75.1 Å². The van der Waals surface area contributed by atoms with Crippen LogP contribution in [0.3, 0.4) is 0 Å². The van der Waals surface area contributed by atoms with Crippen molar-refractivity contribution in [2.75, 3.05) is 0 Å². The van der Waals surface area contributed by atoms with Gasteiger partial charge in [0.25, 0.3) is 0 Å². The molecule has 0 N–H and O–H groups in total. The minimum Gasteiger partial charge on any atom is -1.00 e. The molecule has 0 rings (SSSR count). The van der Waals surface area contributed by atoms with Crippen LogP contribution in [0.4, 0.5) is 0 Å². The first-order valence-electron chi connectivity index (χ1n) is 0. The van der Waals surface area contributed by atoms with Gasteiger partial charge >= 0.3 is 75.1 Å². The molecule has 0 aliphatic heterocycles. The Morgan fingerprint density at radius 2 is 1.14 bits per heavy atom. The molecule has 0 aliphatic rings. The molecule has 0 aromatic rings. The number of rotatable bonds is 0. The van der Waals surface area contributed by atoms with E-state index in [2.05, 4.69) is 0 Å². The van der Waals surface area contributed by atoms with Gasteiger partial charge in [0.2, 0.25) is 0 Å². The van der Waals surface area contributed by atoms with E-state index >= 15 is 0 Å². The Bertz CT molecular complexity index is 26.5. The summed E-state index contributed by atoms with van der Waals surface area (Å²) in [6.45, 7) is 0. The summed E-state index contributed by atoms with van der Waals surface area (Å²) in [7, 11) is 0. The average Bonchev–Trinajstić information content (AvgIpc) is 0. The van der Waals surface area contributed by atoms with Crippen LogP contribution in [0.2, 0.25) is 0 Å². The Morgan fingerprint density at radius 3 is 1.14 bits per heavy atom. The topological polar surface area (TPSA) is 0 Å². The fourth-order valence-corrected chi connectivity index (χ4v) is 0. The zero-order chi connectivity index (χ0) is 0. The third kappa shape index (κ3) is 32.7. The first-order chi connectivity index (χ1) is 0. The predicted octanol–water partition coefficient (Wildman–Crippen LogP) is -1.35. The summed E-state index contributed by atoms with van der Waals surface area (Å²) in [5, 5.41) is 0. The van der Waals surface area contributed by atoms with Gasteiger partial charge in [0.05, 0.1) is 0 Å². The van der Waals surface area contributed by atoms with Crippen molar-refractivity contribution in [3.8, 4) is 0 Å². The SMILES string of the molecule is [Ba+2].[BiH3].[Fe].[H-].[H-].[Mn].[Nd].[Sc].[Ti]. The van der Waals surface area contributed by atoms with Gasteiger partial charge in [-0.2, -0.15) is 0 Å². The van der Waals surface area contributed by atoms with Crippen molar-refractivity contribution in [3.05, 3.63) is 0 Å². The van der Waals surface area contributed by atoms with Gasteiger partial charge in [-0.1, -0.05) is 0 Å². The quantitative estimate of drug-likeness (QED) is 0.275. The second kappa shape index (κ2) is 39.3. The van der Waals surface area contributed by atoms with Crippen LogP contribution >= 0.6 is 0 Å². The Hall–Kier alpha value is 6.43. The van der Waals surface area contributed by atoms with Gasteiger partial charge in [0, 0.05) is 123 Å². The summed E-state index contributed by atoms with van der Waals surface area (Å²) in [5.41, 5.74) is 0. The molecule has 0 saturated heterocycles. The Kier molecular flexibility index (Phi) is 282. The van der Waals surface area contributed by atoms with Gasteiger partial charge in [-0.25, -0.2) is 0 Å². The molecule has 0 spiro atoms. The molecule has 0 amide bonds. The van der Waals surface area contributed by atoms with Gasteiger partial charge in [-0.05, 0) is 0 Å². The van der Waals surface area contributed by atoms with Gasteiger partial charge in [0.1, 0.15) is 0 Å². The van der Waals surface area contributed by atoms with Gasteiger partial charge in [-0.3, -0.25) is 0 Å². The monoisotopic (exact) mass is 698 g/mol. The Labute approximate surface area is 194 Å². The van der Waals surface area contributed by atoms with E-state index in [1.165, 1.54) is 0 Å². The maximum atomic E-state index is 0. The van der Waals surface area contributed by atoms with Gasteiger partial charge in [0.15, 0.2) is 0 Å². The van der Waals surface area contributed by atoms with Crippen LogP contribution in [0.1, 0.15) is 2.85 Å². The summed E-state index contributed by atoms with van der Waals surface area (Å²) < 4.78 is 0. The Balaban J connectivity index is 0. The molecule has 7 heavy (non-hydrogen) atoms. The molecule has 0 aromatic heterocycles. The first-order valence-corrected chi connectivity index (χ1v) is 0. The average molecular weight is 699 g/mol. The smallest absolute Gasteiger partial charge is 0 e. The molecular weight excluding hydrogens is 694 g/mol. The molecule has 2 radical (unpaired) electrons. The first kappa shape index (κ1) is 50.2. The minimum absolute atomic E-state index is 0. The molecular formula is H5BaBiFeMnNdScTi. The van der Waals surface area contributed by atoms with Crippen molar-refractivity contribution in [3.63, 3.8) is 0 Å². The second-order valence-electron chi connectivity index (χ2n) is 0. The zero-order valence-electron chi connectivity index (χ0n) is 5.72. The molecule has 38 valence electrons. The van der Waals surface area contributed by atoms with E-state index in [-0.39, 0.29) is 200 Å². The standard InChI is InChI=1S/Ba.Bi.Fe.Mn.Nd.Sc.Ti.5H/q+2;;;;;;;;;;2*-1.